The molecule has 2 rings (SSSR count). The summed E-state index contributed by atoms with van der Waals surface area (Å²) >= 11 is 1.32. The van der Waals surface area contributed by atoms with Gasteiger partial charge in [0.25, 0.3) is 5.69 Å². The number of carbonyl (C=O) groups excluding carboxylic acids is 2. The predicted molar refractivity (Wildman–Crippen MR) is 84.5 cm³/mol. The van der Waals surface area contributed by atoms with Crippen LogP contribution in [0, 0.1) is 10.1 Å². The van der Waals surface area contributed by atoms with Crippen molar-refractivity contribution >= 4 is 28.7 Å². The zero-order valence-electron chi connectivity index (χ0n) is 12.0. The van der Waals surface area contributed by atoms with Crippen molar-refractivity contribution in [2.24, 2.45) is 0 Å². The molecular formula is C15H14N2O5S. The summed E-state index contributed by atoms with van der Waals surface area (Å²) in [5.74, 6) is -0.597. The number of benzene rings is 1. The Kier molecular flexibility index (Phi) is 5.42. The van der Waals surface area contributed by atoms with Crippen molar-refractivity contribution in [3.63, 3.8) is 0 Å². The minimum atomic E-state index is -0.579. The van der Waals surface area contributed by atoms with Crippen LogP contribution in [-0.4, -0.2) is 21.7 Å². The molecule has 0 spiro atoms. The molecule has 2 N–H and O–H groups in total. The summed E-state index contributed by atoms with van der Waals surface area (Å²) in [7, 11) is 0. The van der Waals surface area contributed by atoms with Crippen LogP contribution in [0.3, 0.4) is 0 Å². The van der Waals surface area contributed by atoms with Crippen molar-refractivity contribution in [1.82, 2.24) is 5.32 Å². The minimum Gasteiger partial charge on any atom is -0.508 e. The fraction of sp³-hybridized carbons (Fsp3) is 0.200. The molecule has 0 atom stereocenters. The monoisotopic (exact) mass is 334 g/mol. The summed E-state index contributed by atoms with van der Waals surface area (Å²) in [6.45, 7) is -0.0421. The minimum absolute atomic E-state index is 0.0203. The summed E-state index contributed by atoms with van der Waals surface area (Å²) in [6, 6.07) is 7.06. The number of nitro groups is 1. The third-order valence-electron chi connectivity index (χ3n) is 3.13. The number of nitrogens with one attached hydrogen (secondary N) is 1. The van der Waals surface area contributed by atoms with Crippen LogP contribution in [-0.2, 0) is 11.3 Å². The van der Waals surface area contributed by atoms with Crippen molar-refractivity contribution in [1.29, 1.82) is 0 Å². The van der Waals surface area contributed by atoms with Crippen LogP contribution in [0.5, 0.6) is 5.75 Å². The number of thiophene rings is 1. The van der Waals surface area contributed by atoms with Gasteiger partial charge in [0.15, 0.2) is 5.78 Å². The number of Topliss-reactive ketones (excluding diaryl/α,β-unsaturated/α-hetero) is 1. The van der Waals surface area contributed by atoms with Crippen molar-refractivity contribution in [2.75, 3.05) is 0 Å². The quantitative estimate of drug-likeness (QED) is 0.459. The Hall–Kier alpha value is -2.74. The normalized spacial score (nSPS) is 10.3. The van der Waals surface area contributed by atoms with Gasteiger partial charge in [-0.05, 0) is 17.5 Å². The van der Waals surface area contributed by atoms with E-state index in [4.69, 9.17) is 0 Å². The number of hydrogen-bond donors (Lipinski definition) is 2. The molecule has 1 heterocycles. The van der Waals surface area contributed by atoms with Crippen molar-refractivity contribution in [2.45, 2.75) is 19.4 Å². The molecule has 23 heavy (non-hydrogen) atoms. The predicted octanol–water partition coefficient (Wildman–Crippen LogP) is 2.64. The van der Waals surface area contributed by atoms with E-state index in [-0.39, 0.29) is 48.1 Å². The number of carbonyl (C=O) groups is 2. The van der Waals surface area contributed by atoms with Crippen LogP contribution in [0.25, 0.3) is 0 Å². The zero-order valence-corrected chi connectivity index (χ0v) is 12.8. The van der Waals surface area contributed by atoms with Crippen LogP contribution in [0.15, 0.2) is 35.7 Å². The lowest BCUT2D eigenvalue weighted by atomic mass is 10.1. The average Bonchev–Trinajstić information content (AvgIpc) is 3.06. The fourth-order valence-corrected chi connectivity index (χ4v) is 2.59. The van der Waals surface area contributed by atoms with E-state index in [1.807, 2.05) is 0 Å². The number of non-ortho nitro benzene ring substituents is 1. The summed E-state index contributed by atoms with van der Waals surface area (Å²) in [5.41, 5.74) is 0.0806. The number of nitrogens with zero attached hydrogens (tertiary/aromatic N) is 1. The molecule has 0 aliphatic rings. The van der Waals surface area contributed by atoms with E-state index in [2.05, 4.69) is 5.32 Å². The Morgan fingerprint density at radius 1 is 1.26 bits per heavy atom. The fourth-order valence-electron chi connectivity index (χ4n) is 1.90. The van der Waals surface area contributed by atoms with Crippen LogP contribution in [0.4, 0.5) is 5.69 Å². The van der Waals surface area contributed by atoms with E-state index in [1.54, 1.807) is 17.5 Å². The third kappa shape index (κ3) is 4.62. The first-order chi connectivity index (χ1) is 11.0. The SMILES string of the molecule is O=C(CCC(=O)c1cccs1)NCc1cc([N+](=O)[O-])ccc1O. The van der Waals surface area contributed by atoms with Gasteiger partial charge in [0.1, 0.15) is 5.75 Å². The number of phenols is 1. The van der Waals surface area contributed by atoms with Crippen LogP contribution in [0.1, 0.15) is 28.1 Å². The van der Waals surface area contributed by atoms with Gasteiger partial charge >= 0.3 is 0 Å². The van der Waals surface area contributed by atoms with Crippen molar-refractivity contribution in [3.8, 4) is 5.75 Å². The third-order valence-corrected chi connectivity index (χ3v) is 4.04. The van der Waals surface area contributed by atoms with Crippen LogP contribution in [0.2, 0.25) is 0 Å². The lowest BCUT2D eigenvalue weighted by Gasteiger charge is -2.07. The van der Waals surface area contributed by atoms with E-state index < -0.39 is 4.92 Å². The molecule has 120 valence electrons. The Balaban J connectivity index is 1.86. The summed E-state index contributed by atoms with van der Waals surface area (Å²) in [4.78, 5) is 34.2. The van der Waals surface area contributed by atoms with E-state index >= 15 is 0 Å². The number of nitro benzene ring substituents is 1. The molecule has 0 bridgehead atoms. The Labute approximate surface area is 135 Å². The van der Waals surface area contributed by atoms with E-state index in [1.165, 1.54) is 29.5 Å². The van der Waals surface area contributed by atoms with E-state index in [0.717, 1.165) is 0 Å². The Morgan fingerprint density at radius 3 is 2.70 bits per heavy atom. The first-order valence-electron chi connectivity index (χ1n) is 6.77. The van der Waals surface area contributed by atoms with Gasteiger partial charge in [-0.3, -0.25) is 19.7 Å². The van der Waals surface area contributed by atoms with Gasteiger partial charge in [-0.2, -0.15) is 0 Å². The zero-order chi connectivity index (χ0) is 16.8. The number of amides is 1. The van der Waals surface area contributed by atoms with Gasteiger partial charge < -0.3 is 10.4 Å². The van der Waals surface area contributed by atoms with Gasteiger partial charge in [0, 0.05) is 37.1 Å². The topological polar surface area (TPSA) is 110 Å². The number of rotatable bonds is 7. The highest BCUT2D eigenvalue weighted by Gasteiger charge is 2.13. The molecule has 1 aromatic carbocycles. The number of ketones is 1. The van der Waals surface area contributed by atoms with Crippen LogP contribution >= 0.6 is 11.3 Å². The van der Waals surface area contributed by atoms with E-state index in [0.29, 0.717) is 4.88 Å². The lowest BCUT2D eigenvalue weighted by Crippen LogP contribution is -2.23. The van der Waals surface area contributed by atoms with E-state index in [9.17, 15) is 24.8 Å². The molecule has 1 aromatic heterocycles. The summed E-state index contributed by atoms with van der Waals surface area (Å²) < 4.78 is 0. The highest BCUT2D eigenvalue weighted by molar-refractivity contribution is 7.12. The van der Waals surface area contributed by atoms with Gasteiger partial charge in [0.05, 0.1) is 9.80 Å². The maximum absolute atomic E-state index is 11.8. The maximum Gasteiger partial charge on any atom is 0.270 e. The second-order valence-corrected chi connectivity index (χ2v) is 5.70. The van der Waals surface area contributed by atoms with Gasteiger partial charge in [-0.15, -0.1) is 11.3 Å². The van der Waals surface area contributed by atoms with Crippen molar-refractivity contribution < 1.29 is 19.6 Å². The highest BCUT2D eigenvalue weighted by atomic mass is 32.1. The Bertz CT molecular complexity index is 727. The molecule has 0 aliphatic carbocycles. The van der Waals surface area contributed by atoms with Crippen LogP contribution < -0.4 is 5.32 Å². The average molecular weight is 334 g/mol. The summed E-state index contributed by atoms with van der Waals surface area (Å²) in [6.07, 6.45) is 0.111. The first kappa shape index (κ1) is 16.6. The molecule has 0 saturated heterocycles. The second kappa shape index (κ2) is 7.50. The molecule has 0 aliphatic heterocycles. The number of aromatic hydroxyl groups is 1. The summed E-state index contributed by atoms with van der Waals surface area (Å²) in [5, 5.41) is 24.7. The highest BCUT2D eigenvalue weighted by Crippen LogP contribution is 2.22. The molecule has 0 saturated carbocycles. The molecule has 8 heteroatoms. The molecule has 1 amide bonds. The molecule has 2 aromatic rings. The largest absolute Gasteiger partial charge is 0.508 e. The molecule has 0 fully saturated rings. The smallest absolute Gasteiger partial charge is 0.270 e. The molecule has 7 nitrogen and oxygen atoms in total. The lowest BCUT2D eigenvalue weighted by molar-refractivity contribution is -0.384. The van der Waals surface area contributed by atoms with Gasteiger partial charge in [-0.1, -0.05) is 6.07 Å². The standard InChI is InChI=1S/C15H14N2O5S/c18-12-4-3-11(17(21)22)8-10(12)9-16-15(20)6-5-13(19)14-2-1-7-23-14/h1-4,7-8,18H,5-6,9H2,(H,16,20). The maximum atomic E-state index is 11.8. The molecular weight excluding hydrogens is 320 g/mol. The molecule has 0 radical (unpaired) electrons. The van der Waals surface area contributed by atoms with Gasteiger partial charge in [0.2, 0.25) is 5.91 Å². The number of hydrogen-bond acceptors (Lipinski definition) is 6. The van der Waals surface area contributed by atoms with Crippen molar-refractivity contribution in [3.05, 3.63) is 56.3 Å². The first-order valence-corrected chi connectivity index (χ1v) is 7.65. The molecule has 0 unspecified atom stereocenters. The number of phenolic OH excluding ortho intramolecular Hbond substituents is 1. The second-order valence-electron chi connectivity index (χ2n) is 4.75. The Morgan fingerprint density at radius 2 is 2.04 bits per heavy atom. The van der Waals surface area contributed by atoms with Gasteiger partial charge in [-0.25, -0.2) is 0 Å².